The lowest BCUT2D eigenvalue weighted by Gasteiger charge is -2.32. The van der Waals surface area contributed by atoms with Crippen molar-refractivity contribution < 1.29 is 9.53 Å². The van der Waals surface area contributed by atoms with Gasteiger partial charge in [-0.25, -0.2) is 14.5 Å². The second-order valence-corrected chi connectivity index (χ2v) is 5.66. The molecule has 9 heteroatoms. The van der Waals surface area contributed by atoms with Crippen molar-refractivity contribution in [1.29, 1.82) is 0 Å². The van der Waals surface area contributed by atoms with E-state index < -0.39 is 5.97 Å². The van der Waals surface area contributed by atoms with E-state index in [1.807, 2.05) is 11.8 Å². The largest absolute Gasteiger partial charge is 0.464 e. The minimum absolute atomic E-state index is 0.0288. The Morgan fingerprint density at radius 2 is 2.29 bits per heavy atom. The highest BCUT2D eigenvalue weighted by atomic mass is 16.5. The van der Waals surface area contributed by atoms with Crippen LogP contribution in [0.5, 0.6) is 0 Å². The molecule has 1 atom stereocenters. The van der Waals surface area contributed by atoms with Gasteiger partial charge in [0, 0.05) is 32.0 Å². The topological polar surface area (TPSA) is 95.1 Å². The highest BCUT2D eigenvalue weighted by molar-refractivity contribution is 5.86. The maximum absolute atomic E-state index is 12.4. The summed E-state index contributed by atoms with van der Waals surface area (Å²) in [7, 11) is 1.31. The minimum Gasteiger partial charge on any atom is -0.464 e. The van der Waals surface area contributed by atoms with Crippen molar-refractivity contribution in [2.45, 2.75) is 32.4 Å². The Morgan fingerprint density at radius 1 is 1.46 bits per heavy atom. The Hall–Kier alpha value is -2.71. The van der Waals surface area contributed by atoms with Crippen LogP contribution in [0.25, 0.3) is 0 Å². The summed E-state index contributed by atoms with van der Waals surface area (Å²) in [4.78, 5) is 30.2. The van der Waals surface area contributed by atoms with Crippen molar-refractivity contribution in [3.05, 3.63) is 34.6 Å². The maximum atomic E-state index is 12.4. The summed E-state index contributed by atoms with van der Waals surface area (Å²) < 4.78 is 7.95. The third kappa shape index (κ3) is 3.01. The van der Waals surface area contributed by atoms with Gasteiger partial charge in [0.15, 0.2) is 11.5 Å². The SMILES string of the molecule is CCn1ccnc(N2CCC[C@@H](n3cc(C(=O)OC)nn3)C2)c1=O. The third-order valence-corrected chi connectivity index (χ3v) is 4.21. The lowest BCUT2D eigenvalue weighted by atomic mass is 10.1. The molecule has 0 spiro atoms. The molecule has 1 aliphatic rings. The first-order chi connectivity index (χ1) is 11.6. The first kappa shape index (κ1) is 16.2. The number of methoxy groups -OCH3 is 1. The molecule has 3 heterocycles. The predicted molar refractivity (Wildman–Crippen MR) is 86.0 cm³/mol. The van der Waals surface area contributed by atoms with Crippen molar-refractivity contribution in [2.75, 3.05) is 25.1 Å². The lowest BCUT2D eigenvalue weighted by molar-refractivity contribution is 0.0594. The highest BCUT2D eigenvalue weighted by Crippen LogP contribution is 2.23. The van der Waals surface area contributed by atoms with Gasteiger partial charge in [0.05, 0.1) is 19.3 Å². The molecule has 0 radical (unpaired) electrons. The molecule has 2 aromatic rings. The van der Waals surface area contributed by atoms with E-state index in [4.69, 9.17) is 0 Å². The van der Waals surface area contributed by atoms with Gasteiger partial charge in [-0.2, -0.15) is 0 Å². The van der Waals surface area contributed by atoms with Gasteiger partial charge in [-0.3, -0.25) is 4.79 Å². The van der Waals surface area contributed by atoms with Crippen LogP contribution in [0.15, 0.2) is 23.4 Å². The normalized spacial score (nSPS) is 17.8. The number of aromatic nitrogens is 5. The molecule has 3 rings (SSSR count). The molecule has 128 valence electrons. The smallest absolute Gasteiger partial charge is 0.360 e. The van der Waals surface area contributed by atoms with Crippen LogP contribution in [0, 0.1) is 0 Å². The zero-order valence-electron chi connectivity index (χ0n) is 13.8. The summed E-state index contributed by atoms with van der Waals surface area (Å²) in [5.74, 6) is -0.0539. The summed E-state index contributed by atoms with van der Waals surface area (Å²) in [6.07, 6.45) is 6.72. The Kier molecular flexibility index (Phi) is 4.59. The number of esters is 1. The van der Waals surface area contributed by atoms with E-state index in [1.165, 1.54) is 7.11 Å². The third-order valence-electron chi connectivity index (χ3n) is 4.21. The molecule has 24 heavy (non-hydrogen) atoms. The fourth-order valence-corrected chi connectivity index (χ4v) is 2.92. The number of carbonyl (C=O) groups is 1. The second-order valence-electron chi connectivity index (χ2n) is 5.66. The molecule has 2 aromatic heterocycles. The number of piperidine rings is 1. The fourth-order valence-electron chi connectivity index (χ4n) is 2.92. The van der Waals surface area contributed by atoms with Gasteiger partial charge in [-0.15, -0.1) is 5.10 Å². The molecular weight excluding hydrogens is 312 g/mol. The first-order valence-electron chi connectivity index (χ1n) is 7.94. The lowest BCUT2D eigenvalue weighted by Crippen LogP contribution is -2.41. The second kappa shape index (κ2) is 6.81. The molecule has 0 aromatic carbocycles. The zero-order valence-corrected chi connectivity index (χ0v) is 13.8. The van der Waals surface area contributed by atoms with Crippen molar-refractivity contribution >= 4 is 11.8 Å². The molecule has 0 N–H and O–H groups in total. The molecule has 1 fully saturated rings. The van der Waals surface area contributed by atoms with Crippen molar-refractivity contribution in [3.63, 3.8) is 0 Å². The van der Waals surface area contributed by atoms with Crippen LogP contribution < -0.4 is 10.5 Å². The van der Waals surface area contributed by atoms with Gasteiger partial charge in [0.2, 0.25) is 0 Å². The summed E-state index contributed by atoms with van der Waals surface area (Å²) >= 11 is 0. The number of hydrogen-bond donors (Lipinski definition) is 0. The molecule has 0 saturated carbocycles. The zero-order chi connectivity index (χ0) is 17.1. The summed E-state index contributed by atoms with van der Waals surface area (Å²) in [6.45, 7) is 3.90. The van der Waals surface area contributed by atoms with E-state index in [9.17, 15) is 9.59 Å². The molecule has 0 amide bonds. The van der Waals surface area contributed by atoms with Gasteiger partial charge >= 0.3 is 5.97 Å². The van der Waals surface area contributed by atoms with Crippen molar-refractivity contribution in [2.24, 2.45) is 0 Å². The van der Waals surface area contributed by atoms with Gasteiger partial charge < -0.3 is 14.2 Å². The minimum atomic E-state index is -0.510. The van der Waals surface area contributed by atoms with Gasteiger partial charge in [-0.05, 0) is 19.8 Å². The Bertz CT molecular complexity index is 784. The van der Waals surface area contributed by atoms with Gasteiger partial charge in [0.1, 0.15) is 0 Å². The van der Waals surface area contributed by atoms with Crippen LogP contribution in [0.1, 0.15) is 36.3 Å². The number of nitrogens with zero attached hydrogens (tertiary/aromatic N) is 6. The number of hydrogen-bond acceptors (Lipinski definition) is 7. The van der Waals surface area contributed by atoms with Crippen LogP contribution in [0.4, 0.5) is 5.82 Å². The Balaban J connectivity index is 1.81. The van der Waals surface area contributed by atoms with E-state index in [1.54, 1.807) is 27.8 Å². The number of ether oxygens (including phenoxy) is 1. The van der Waals surface area contributed by atoms with Gasteiger partial charge in [0.25, 0.3) is 5.56 Å². The van der Waals surface area contributed by atoms with Crippen LogP contribution in [0.2, 0.25) is 0 Å². The predicted octanol–water partition coefficient (Wildman–Crippen LogP) is 0.483. The molecule has 9 nitrogen and oxygen atoms in total. The van der Waals surface area contributed by atoms with Gasteiger partial charge in [-0.1, -0.05) is 5.21 Å². The number of carbonyl (C=O) groups excluding carboxylic acids is 1. The molecule has 0 unspecified atom stereocenters. The Morgan fingerprint density at radius 3 is 3.04 bits per heavy atom. The standard InChI is InChI=1S/C15H20N6O3/c1-3-19-8-6-16-13(14(19)22)20-7-4-5-11(9-20)21-10-12(17-18-21)15(23)24-2/h6,8,10-11H,3-5,7,9H2,1-2H3/t11-/m1/s1. The molecule has 0 aliphatic carbocycles. The monoisotopic (exact) mass is 332 g/mol. The first-order valence-corrected chi connectivity index (χ1v) is 7.94. The van der Waals surface area contributed by atoms with E-state index in [2.05, 4.69) is 20.0 Å². The van der Waals surface area contributed by atoms with Crippen molar-refractivity contribution in [1.82, 2.24) is 24.5 Å². The summed E-state index contributed by atoms with van der Waals surface area (Å²) in [5.41, 5.74) is 0.0929. The highest BCUT2D eigenvalue weighted by Gasteiger charge is 2.26. The van der Waals surface area contributed by atoms with E-state index in [0.29, 0.717) is 18.9 Å². The quantitative estimate of drug-likeness (QED) is 0.752. The molecule has 0 bridgehead atoms. The number of anilines is 1. The number of aryl methyl sites for hydroxylation is 1. The summed E-state index contributed by atoms with van der Waals surface area (Å²) in [6, 6.07) is 0.0288. The van der Waals surface area contributed by atoms with Crippen LogP contribution in [0.3, 0.4) is 0 Å². The molecular formula is C15H20N6O3. The maximum Gasteiger partial charge on any atom is 0.360 e. The van der Waals surface area contributed by atoms with Crippen LogP contribution in [-0.4, -0.2) is 50.7 Å². The van der Waals surface area contributed by atoms with Crippen LogP contribution in [-0.2, 0) is 11.3 Å². The van der Waals surface area contributed by atoms with E-state index >= 15 is 0 Å². The van der Waals surface area contributed by atoms with E-state index in [0.717, 1.165) is 19.4 Å². The van der Waals surface area contributed by atoms with E-state index in [-0.39, 0.29) is 17.3 Å². The number of rotatable bonds is 4. The average Bonchev–Trinajstić information content (AvgIpc) is 3.11. The van der Waals surface area contributed by atoms with Crippen LogP contribution >= 0.6 is 0 Å². The van der Waals surface area contributed by atoms with Crippen molar-refractivity contribution in [3.8, 4) is 0 Å². The Labute approximate surface area is 138 Å². The molecule has 1 saturated heterocycles. The fraction of sp³-hybridized carbons (Fsp3) is 0.533. The molecule has 1 aliphatic heterocycles. The summed E-state index contributed by atoms with van der Waals surface area (Å²) in [5, 5.41) is 7.87. The average molecular weight is 332 g/mol.